The second-order valence-corrected chi connectivity index (χ2v) is 5.80. The third kappa shape index (κ3) is 6.27. The molecule has 0 saturated heterocycles. The Morgan fingerprint density at radius 3 is 2.71 bits per heavy atom. The van der Waals surface area contributed by atoms with Crippen LogP contribution in [0.5, 0.6) is 5.75 Å². The number of nitrogens with two attached hydrogens (primary N) is 1. The van der Waals surface area contributed by atoms with E-state index in [4.69, 9.17) is 10.5 Å². The molecule has 0 aliphatic rings. The van der Waals surface area contributed by atoms with Crippen LogP contribution in [0.1, 0.15) is 36.5 Å². The number of ketones is 1. The number of hydrogen-bond acceptors (Lipinski definition) is 4. The van der Waals surface area contributed by atoms with Crippen LogP contribution in [0.25, 0.3) is 0 Å². The highest BCUT2D eigenvalue weighted by Gasteiger charge is 2.14. The highest BCUT2D eigenvalue weighted by molar-refractivity contribution is 9.10. The Kier molecular flexibility index (Phi) is 7.39. The van der Waals surface area contributed by atoms with Crippen molar-refractivity contribution in [2.45, 2.75) is 32.2 Å². The second kappa shape index (κ2) is 8.79. The molecule has 1 atom stereocenters. The first-order valence-electron chi connectivity index (χ1n) is 6.83. The van der Waals surface area contributed by atoms with Crippen molar-refractivity contribution in [1.29, 1.82) is 0 Å². The molecule has 0 saturated carbocycles. The molecule has 0 aliphatic carbocycles. The van der Waals surface area contributed by atoms with Crippen LogP contribution < -0.4 is 15.8 Å². The van der Waals surface area contributed by atoms with Gasteiger partial charge in [0.2, 0.25) is 5.91 Å². The number of halogens is 1. The summed E-state index contributed by atoms with van der Waals surface area (Å²) in [4.78, 5) is 23.8. The monoisotopic (exact) mass is 356 g/mol. The van der Waals surface area contributed by atoms with Gasteiger partial charge in [-0.05, 0) is 31.5 Å². The van der Waals surface area contributed by atoms with Crippen molar-refractivity contribution in [3.63, 3.8) is 0 Å². The average Bonchev–Trinajstić information content (AvgIpc) is 2.44. The summed E-state index contributed by atoms with van der Waals surface area (Å²) >= 11 is 3.32. The summed E-state index contributed by atoms with van der Waals surface area (Å²) in [7, 11) is 1.51. The number of benzene rings is 1. The molecular weight excluding hydrogens is 336 g/mol. The summed E-state index contributed by atoms with van der Waals surface area (Å²) in [6.07, 6.45) is 1.03. The predicted octanol–water partition coefficient (Wildman–Crippen LogP) is 2.27. The molecule has 0 bridgehead atoms. The van der Waals surface area contributed by atoms with Gasteiger partial charge in [-0.2, -0.15) is 0 Å². The minimum absolute atomic E-state index is 0.0536. The van der Waals surface area contributed by atoms with E-state index in [0.29, 0.717) is 17.9 Å². The van der Waals surface area contributed by atoms with E-state index in [0.717, 1.165) is 10.9 Å². The standard InChI is InChI=1S/C15H21BrN2O3/c1-10(17)7-8-18-15(20)6-4-13(19)12-9-11(16)3-5-14(12)21-2/h3,5,9-10H,4,6-8,17H2,1-2H3,(H,18,20). The van der Waals surface area contributed by atoms with Gasteiger partial charge in [-0.25, -0.2) is 0 Å². The van der Waals surface area contributed by atoms with Crippen LogP contribution in [0.3, 0.4) is 0 Å². The van der Waals surface area contributed by atoms with Crippen molar-refractivity contribution in [3.8, 4) is 5.75 Å². The van der Waals surface area contributed by atoms with Crippen molar-refractivity contribution >= 4 is 27.6 Å². The molecule has 116 valence electrons. The van der Waals surface area contributed by atoms with E-state index < -0.39 is 0 Å². The fourth-order valence-corrected chi connectivity index (χ4v) is 2.15. The molecule has 5 nitrogen and oxygen atoms in total. The van der Waals surface area contributed by atoms with Gasteiger partial charge in [0.25, 0.3) is 0 Å². The average molecular weight is 357 g/mol. The Morgan fingerprint density at radius 2 is 2.10 bits per heavy atom. The van der Waals surface area contributed by atoms with E-state index in [1.54, 1.807) is 18.2 Å². The van der Waals surface area contributed by atoms with Crippen LogP contribution in [0.4, 0.5) is 0 Å². The van der Waals surface area contributed by atoms with Crippen LogP contribution in [-0.2, 0) is 4.79 Å². The van der Waals surface area contributed by atoms with Crippen LogP contribution >= 0.6 is 15.9 Å². The van der Waals surface area contributed by atoms with Crippen molar-refractivity contribution in [2.75, 3.05) is 13.7 Å². The van der Waals surface area contributed by atoms with Crippen LogP contribution in [0.2, 0.25) is 0 Å². The highest BCUT2D eigenvalue weighted by atomic mass is 79.9. The van der Waals surface area contributed by atoms with Crippen molar-refractivity contribution < 1.29 is 14.3 Å². The molecule has 1 unspecified atom stereocenters. The zero-order chi connectivity index (χ0) is 15.8. The number of hydrogen-bond donors (Lipinski definition) is 2. The van der Waals surface area contributed by atoms with Crippen molar-refractivity contribution in [1.82, 2.24) is 5.32 Å². The van der Waals surface area contributed by atoms with Crippen LogP contribution in [0.15, 0.2) is 22.7 Å². The first-order chi connectivity index (χ1) is 9.93. The number of methoxy groups -OCH3 is 1. The molecule has 0 radical (unpaired) electrons. The van der Waals surface area contributed by atoms with Crippen LogP contribution in [0, 0.1) is 0 Å². The summed E-state index contributed by atoms with van der Waals surface area (Å²) in [5.74, 6) is 0.258. The topological polar surface area (TPSA) is 81.4 Å². The Bertz CT molecular complexity index is 504. The highest BCUT2D eigenvalue weighted by Crippen LogP contribution is 2.24. The maximum atomic E-state index is 12.2. The SMILES string of the molecule is COc1ccc(Br)cc1C(=O)CCC(=O)NCCC(C)N. The van der Waals surface area contributed by atoms with Crippen molar-refractivity contribution in [2.24, 2.45) is 5.73 Å². The van der Waals surface area contributed by atoms with E-state index in [-0.39, 0.29) is 30.6 Å². The molecule has 1 aromatic carbocycles. The number of rotatable bonds is 8. The summed E-state index contributed by atoms with van der Waals surface area (Å²) in [6, 6.07) is 5.28. The first-order valence-corrected chi connectivity index (χ1v) is 7.62. The van der Waals surface area contributed by atoms with E-state index in [9.17, 15) is 9.59 Å². The molecule has 1 amide bonds. The first kappa shape index (κ1) is 17.7. The molecule has 0 aromatic heterocycles. The van der Waals surface area contributed by atoms with Gasteiger partial charge >= 0.3 is 0 Å². The number of carbonyl (C=O) groups is 2. The van der Waals surface area contributed by atoms with Gasteiger partial charge in [0.05, 0.1) is 12.7 Å². The van der Waals surface area contributed by atoms with Gasteiger partial charge in [0.1, 0.15) is 5.75 Å². The minimum atomic E-state index is -0.141. The van der Waals surface area contributed by atoms with E-state index in [2.05, 4.69) is 21.2 Å². The van der Waals surface area contributed by atoms with E-state index in [1.807, 2.05) is 6.92 Å². The Labute approximate surface area is 133 Å². The Morgan fingerprint density at radius 1 is 1.38 bits per heavy atom. The zero-order valence-electron chi connectivity index (χ0n) is 12.3. The number of Topliss-reactive ketones (excluding diaryl/α,β-unsaturated/α-hetero) is 1. The number of carbonyl (C=O) groups excluding carboxylic acids is 2. The molecule has 0 fully saturated rings. The number of ether oxygens (including phenoxy) is 1. The minimum Gasteiger partial charge on any atom is -0.496 e. The lowest BCUT2D eigenvalue weighted by Gasteiger charge is -2.09. The summed E-state index contributed by atoms with van der Waals surface area (Å²) in [5, 5.41) is 2.75. The summed E-state index contributed by atoms with van der Waals surface area (Å²) in [6.45, 7) is 2.42. The van der Waals surface area contributed by atoms with Crippen LogP contribution in [-0.4, -0.2) is 31.4 Å². The maximum Gasteiger partial charge on any atom is 0.220 e. The molecule has 0 aliphatic heterocycles. The molecule has 21 heavy (non-hydrogen) atoms. The summed E-state index contributed by atoms with van der Waals surface area (Å²) < 4.78 is 5.96. The molecule has 3 N–H and O–H groups in total. The van der Waals surface area contributed by atoms with E-state index in [1.165, 1.54) is 7.11 Å². The lowest BCUT2D eigenvalue weighted by atomic mass is 10.1. The largest absolute Gasteiger partial charge is 0.496 e. The molecule has 1 rings (SSSR count). The molecule has 6 heteroatoms. The third-order valence-electron chi connectivity index (χ3n) is 2.96. The fourth-order valence-electron chi connectivity index (χ4n) is 1.79. The molecular formula is C15H21BrN2O3. The normalized spacial score (nSPS) is 11.8. The number of nitrogens with one attached hydrogen (secondary N) is 1. The van der Waals surface area contributed by atoms with Gasteiger partial charge in [0, 0.05) is 29.9 Å². The van der Waals surface area contributed by atoms with Gasteiger partial charge in [-0.15, -0.1) is 0 Å². The Balaban J connectivity index is 2.50. The predicted molar refractivity (Wildman–Crippen MR) is 85.5 cm³/mol. The quantitative estimate of drug-likeness (QED) is 0.700. The lowest BCUT2D eigenvalue weighted by Crippen LogP contribution is -2.29. The van der Waals surface area contributed by atoms with E-state index >= 15 is 0 Å². The lowest BCUT2D eigenvalue weighted by molar-refractivity contribution is -0.121. The molecule has 0 heterocycles. The van der Waals surface area contributed by atoms with Gasteiger partial charge in [0.15, 0.2) is 5.78 Å². The molecule has 1 aromatic rings. The third-order valence-corrected chi connectivity index (χ3v) is 3.46. The summed E-state index contributed by atoms with van der Waals surface area (Å²) in [5.41, 5.74) is 6.08. The van der Waals surface area contributed by atoms with Gasteiger partial charge in [-0.3, -0.25) is 9.59 Å². The smallest absolute Gasteiger partial charge is 0.220 e. The van der Waals surface area contributed by atoms with Gasteiger partial charge < -0.3 is 15.8 Å². The fraction of sp³-hybridized carbons (Fsp3) is 0.467. The zero-order valence-corrected chi connectivity index (χ0v) is 13.9. The number of amides is 1. The van der Waals surface area contributed by atoms with Gasteiger partial charge in [-0.1, -0.05) is 15.9 Å². The molecule has 0 spiro atoms. The Hall–Kier alpha value is -1.40. The van der Waals surface area contributed by atoms with Crippen molar-refractivity contribution in [3.05, 3.63) is 28.2 Å². The maximum absolute atomic E-state index is 12.2. The second-order valence-electron chi connectivity index (χ2n) is 4.88.